The fourth-order valence-corrected chi connectivity index (χ4v) is 12.9. The fourth-order valence-electron chi connectivity index (χ4n) is 11.3. The summed E-state index contributed by atoms with van der Waals surface area (Å²) in [5, 5.41) is 10.6. The number of hydrogen-bond acceptors (Lipinski definition) is 15. The Labute approximate surface area is 568 Å². The van der Waals surface area contributed by atoms with E-state index in [-0.39, 0.29) is 25.7 Å². The summed E-state index contributed by atoms with van der Waals surface area (Å²) < 4.78 is 68.4. The van der Waals surface area contributed by atoms with Gasteiger partial charge in [0, 0.05) is 25.7 Å². The van der Waals surface area contributed by atoms with Gasteiger partial charge in [-0.1, -0.05) is 336 Å². The third-order valence-corrected chi connectivity index (χ3v) is 19.5. The van der Waals surface area contributed by atoms with Gasteiger partial charge in [0.2, 0.25) is 0 Å². The predicted octanol–water partition coefficient (Wildman–Crippen LogP) is 21.7. The molecule has 0 aliphatic rings. The fraction of sp³-hybridized carbons (Fsp3) is 0.946. The number of phosphoric ester groups is 2. The normalized spacial score (nSPS) is 14.3. The van der Waals surface area contributed by atoms with Gasteiger partial charge in [0.15, 0.2) is 12.2 Å². The van der Waals surface area contributed by atoms with Crippen molar-refractivity contribution in [1.29, 1.82) is 0 Å². The van der Waals surface area contributed by atoms with E-state index in [1.54, 1.807) is 0 Å². The number of ether oxygens (including phenoxy) is 4. The maximum absolute atomic E-state index is 13.1. The molecule has 3 N–H and O–H groups in total. The number of phosphoric acid groups is 2. The van der Waals surface area contributed by atoms with Crippen LogP contribution in [0.15, 0.2) is 0 Å². The molecule has 0 spiro atoms. The van der Waals surface area contributed by atoms with Crippen LogP contribution in [0.5, 0.6) is 0 Å². The molecule has 0 aromatic heterocycles. The van der Waals surface area contributed by atoms with Crippen LogP contribution in [0.1, 0.15) is 388 Å². The van der Waals surface area contributed by atoms with Crippen LogP contribution in [0.3, 0.4) is 0 Å². The predicted molar refractivity (Wildman–Crippen MR) is 377 cm³/mol. The van der Waals surface area contributed by atoms with Gasteiger partial charge in [0.1, 0.15) is 19.3 Å². The summed E-state index contributed by atoms with van der Waals surface area (Å²) in [4.78, 5) is 72.6. The molecule has 0 saturated carbocycles. The van der Waals surface area contributed by atoms with Crippen LogP contribution in [0.4, 0.5) is 0 Å². The van der Waals surface area contributed by atoms with E-state index < -0.39 is 97.5 Å². The number of rotatable bonds is 74. The summed E-state index contributed by atoms with van der Waals surface area (Å²) in [5.41, 5.74) is 0. The van der Waals surface area contributed by atoms with Crippen LogP contribution in [-0.4, -0.2) is 96.7 Å². The number of carbonyl (C=O) groups is 4. The Hall–Kier alpha value is -1.94. The Morgan fingerprint density at radius 3 is 0.763 bits per heavy atom. The molecule has 17 nitrogen and oxygen atoms in total. The van der Waals surface area contributed by atoms with Crippen molar-refractivity contribution in [2.75, 3.05) is 39.6 Å². The lowest BCUT2D eigenvalue weighted by Crippen LogP contribution is -2.30. The molecule has 0 aromatic carbocycles. The van der Waals surface area contributed by atoms with Crippen molar-refractivity contribution < 1.29 is 80.2 Å². The smallest absolute Gasteiger partial charge is 0.462 e. The average molecular weight is 1370 g/mol. The van der Waals surface area contributed by atoms with Gasteiger partial charge in [-0.25, -0.2) is 9.13 Å². The number of aliphatic hydroxyl groups is 1. The van der Waals surface area contributed by atoms with Crippen LogP contribution >= 0.6 is 15.6 Å². The minimum absolute atomic E-state index is 0.107. The van der Waals surface area contributed by atoms with Crippen molar-refractivity contribution in [3.8, 4) is 0 Å². The second kappa shape index (κ2) is 67.3. The molecule has 3 unspecified atom stereocenters. The quantitative estimate of drug-likeness (QED) is 0.0222. The van der Waals surface area contributed by atoms with Crippen molar-refractivity contribution in [2.24, 2.45) is 5.92 Å². The number of hydrogen-bond donors (Lipinski definition) is 3. The van der Waals surface area contributed by atoms with Gasteiger partial charge in [-0.15, -0.1) is 0 Å². The maximum atomic E-state index is 13.1. The third-order valence-electron chi connectivity index (χ3n) is 17.6. The molecule has 0 saturated heterocycles. The first kappa shape index (κ1) is 91.1. The van der Waals surface area contributed by atoms with E-state index in [2.05, 4.69) is 34.6 Å². The van der Waals surface area contributed by atoms with Crippen molar-refractivity contribution in [2.45, 2.75) is 406 Å². The van der Waals surface area contributed by atoms with Gasteiger partial charge in [-0.2, -0.15) is 0 Å². The van der Waals surface area contributed by atoms with E-state index >= 15 is 0 Å². The highest BCUT2D eigenvalue weighted by Gasteiger charge is 2.30. The molecule has 0 amide bonds. The Balaban J connectivity index is 5.17. The highest BCUT2D eigenvalue weighted by atomic mass is 31.2. The van der Waals surface area contributed by atoms with Crippen molar-refractivity contribution >= 4 is 39.5 Å². The Morgan fingerprint density at radius 2 is 0.516 bits per heavy atom. The maximum Gasteiger partial charge on any atom is 0.472 e. The molecule has 0 aliphatic carbocycles. The van der Waals surface area contributed by atoms with Crippen molar-refractivity contribution in [3.63, 3.8) is 0 Å². The first-order chi connectivity index (χ1) is 45.1. The molecule has 19 heteroatoms. The molecule has 0 bridgehead atoms. The summed E-state index contributed by atoms with van der Waals surface area (Å²) >= 11 is 0. The van der Waals surface area contributed by atoms with Crippen LogP contribution in [0.2, 0.25) is 0 Å². The molecular formula is C74H144O17P2. The lowest BCUT2D eigenvalue weighted by atomic mass is 9.99. The minimum Gasteiger partial charge on any atom is -0.462 e. The van der Waals surface area contributed by atoms with Gasteiger partial charge in [-0.05, 0) is 31.6 Å². The van der Waals surface area contributed by atoms with Crippen molar-refractivity contribution in [1.82, 2.24) is 0 Å². The zero-order valence-corrected chi connectivity index (χ0v) is 62.2. The zero-order chi connectivity index (χ0) is 68.4. The molecule has 552 valence electrons. The SMILES string of the molecule is CCCCCCCCCCCCCCCCCCCCCCCC(=O)O[C@H](COC(=O)CCCCCCCCCCC(C)CC)COP(=O)(O)OC[C@@H](O)COP(=O)(O)OC[C@@H](COC(=O)CCCCCCCCCCC)OC(=O)CCCCCCCCCCCCC. The van der Waals surface area contributed by atoms with Crippen molar-refractivity contribution in [3.05, 3.63) is 0 Å². The molecule has 0 aromatic rings. The summed E-state index contributed by atoms with van der Waals surface area (Å²) in [6.07, 6.45) is 55.5. The first-order valence-corrected chi connectivity index (χ1v) is 41.7. The van der Waals surface area contributed by atoms with E-state index in [9.17, 15) is 43.2 Å². The van der Waals surface area contributed by atoms with Gasteiger partial charge >= 0.3 is 39.5 Å². The highest BCUT2D eigenvalue weighted by Crippen LogP contribution is 2.45. The lowest BCUT2D eigenvalue weighted by molar-refractivity contribution is -0.161. The summed E-state index contributed by atoms with van der Waals surface area (Å²) in [7, 11) is -9.90. The standard InChI is InChI=1S/C74H144O17P2/c1-6-10-13-16-19-22-24-25-26-27-28-29-30-31-32-33-35-38-45-50-55-60-74(79)91-70(64-85-72(77)58-53-48-43-40-39-41-46-51-56-67(5)9-4)66-89-93(82,83)87-62-68(75)61-86-92(80,81)88-65-69(63-84-71(76)57-52-47-42-36-21-18-15-12-8-3)90-73(78)59-54-49-44-37-34-23-20-17-14-11-7-2/h67-70,75H,6-66H2,1-5H3,(H,80,81)(H,82,83)/t67?,68-,69+,70+/m0/s1. The third kappa shape index (κ3) is 67.0. The zero-order valence-electron chi connectivity index (χ0n) is 60.4. The van der Waals surface area contributed by atoms with Crippen LogP contribution in [0, 0.1) is 5.92 Å². The largest absolute Gasteiger partial charge is 0.472 e. The van der Waals surface area contributed by atoms with Crippen LogP contribution in [-0.2, 0) is 65.4 Å². The Bertz CT molecular complexity index is 1790. The number of aliphatic hydroxyl groups excluding tert-OH is 1. The van der Waals surface area contributed by atoms with E-state index in [0.717, 1.165) is 95.8 Å². The Morgan fingerprint density at radius 1 is 0.301 bits per heavy atom. The van der Waals surface area contributed by atoms with Gasteiger partial charge < -0.3 is 33.8 Å². The topological polar surface area (TPSA) is 237 Å². The van der Waals surface area contributed by atoms with Gasteiger partial charge in [0.25, 0.3) is 0 Å². The van der Waals surface area contributed by atoms with E-state index in [0.29, 0.717) is 25.7 Å². The second-order valence-electron chi connectivity index (χ2n) is 26.9. The molecule has 0 aliphatic heterocycles. The highest BCUT2D eigenvalue weighted by molar-refractivity contribution is 7.47. The molecule has 93 heavy (non-hydrogen) atoms. The van der Waals surface area contributed by atoms with Crippen LogP contribution < -0.4 is 0 Å². The molecule has 6 atom stereocenters. The van der Waals surface area contributed by atoms with E-state index in [1.165, 1.54) is 212 Å². The monoisotopic (exact) mass is 1370 g/mol. The second-order valence-corrected chi connectivity index (χ2v) is 29.8. The summed E-state index contributed by atoms with van der Waals surface area (Å²) in [6, 6.07) is 0. The first-order valence-electron chi connectivity index (χ1n) is 38.7. The van der Waals surface area contributed by atoms with E-state index in [4.69, 9.17) is 37.0 Å². The molecule has 0 fully saturated rings. The average Bonchev–Trinajstić information content (AvgIpc) is 1.64. The summed E-state index contributed by atoms with van der Waals surface area (Å²) in [6.45, 7) is 7.25. The molecule has 0 rings (SSSR count). The van der Waals surface area contributed by atoms with Gasteiger partial charge in [0.05, 0.1) is 26.4 Å². The number of esters is 4. The molecule has 0 radical (unpaired) electrons. The Kier molecular flexibility index (Phi) is 65.9. The number of carbonyl (C=O) groups excluding carboxylic acids is 4. The van der Waals surface area contributed by atoms with Gasteiger partial charge in [-0.3, -0.25) is 37.3 Å². The van der Waals surface area contributed by atoms with Crippen LogP contribution in [0.25, 0.3) is 0 Å². The molecular weight excluding hydrogens is 1220 g/mol. The summed E-state index contributed by atoms with van der Waals surface area (Å²) in [5.74, 6) is -1.34. The minimum atomic E-state index is -4.95. The van der Waals surface area contributed by atoms with E-state index in [1.807, 2.05) is 0 Å². The number of unbranched alkanes of at least 4 members (excludes halogenated alkanes) is 45. The molecule has 0 heterocycles. The lowest BCUT2D eigenvalue weighted by Gasteiger charge is -2.21.